The smallest absolute Gasteiger partial charge is 0.254 e. The number of carbonyl (C=O) groups excluding carboxylic acids is 3. The maximum atomic E-state index is 13.0. The molecule has 0 unspecified atom stereocenters. The van der Waals surface area contributed by atoms with Gasteiger partial charge in [-0.3, -0.25) is 14.4 Å². The minimum Gasteiger partial charge on any atom is -0.356 e. The fourth-order valence-corrected chi connectivity index (χ4v) is 4.04. The van der Waals surface area contributed by atoms with Crippen molar-refractivity contribution in [1.29, 1.82) is 0 Å². The molecule has 0 spiro atoms. The fourth-order valence-electron chi connectivity index (χ4n) is 3.31. The summed E-state index contributed by atoms with van der Waals surface area (Å²) in [5.74, 6) is -0.461. The van der Waals surface area contributed by atoms with Crippen molar-refractivity contribution in [3.8, 4) is 0 Å². The van der Waals surface area contributed by atoms with Crippen LogP contribution in [0.15, 0.2) is 29.6 Å². The van der Waals surface area contributed by atoms with E-state index < -0.39 is 0 Å². The number of nitrogens with one attached hydrogen (secondary N) is 2. The van der Waals surface area contributed by atoms with Gasteiger partial charge in [0, 0.05) is 23.5 Å². The predicted octanol–water partition coefficient (Wildman–Crippen LogP) is 3.54. The van der Waals surface area contributed by atoms with E-state index in [9.17, 15) is 14.4 Å². The van der Waals surface area contributed by atoms with Crippen molar-refractivity contribution < 1.29 is 14.4 Å². The van der Waals surface area contributed by atoms with E-state index in [1.807, 2.05) is 25.1 Å². The Hall–Kier alpha value is -2.74. The number of carbonyl (C=O) groups is 3. The largest absolute Gasteiger partial charge is 0.356 e. The van der Waals surface area contributed by atoms with Crippen molar-refractivity contribution in [3.63, 3.8) is 0 Å². The summed E-state index contributed by atoms with van der Waals surface area (Å²) in [4.78, 5) is 43.6. The van der Waals surface area contributed by atoms with Gasteiger partial charge in [0.1, 0.15) is 6.54 Å². The highest BCUT2D eigenvalue weighted by Gasteiger charge is 2.34. The van der Waals surface area contributed by atoms with Gasteiger partial charge in [-0.25, -0.2) is 4.98 Å². The van der Waals surface area contributed by atoms with Gasteiger partial charge in [-0.1, -0.05) is 38.0 Å². The van der Waals surface area contributed by atoms with E-state index in [1.165, 1.54) is 11.3 Å². The fraction of sp³-hybridized carbons (Fsp3) is 0.478. The van der Waals surface area contributed by atoms with Crippen LogP contribution in [0.3, 0.4) is 0 Å². The normalized spacial score (nSPS) is 13.0. The highest BCUT2D eigenvalue weighted by molar-refractivity contribution is 7.13. The third-order valence-corrected chi connectivity index (χ3v) is 5.99. The molecule has 0 bridgehead atoms. The van der Waals surface area contributed by atoms with E-state index in [4.69, 9.17) is 0 Å². The zero-order chi connectivity index (χ0) is 22.2. The number of anilines is 1. The third kappa shape index (κ3) is 6.89. The number of thiazole rings is 1. The van der Waals surface area contributed by atoms with Gasteiger partial charge in [0.05, 0.1) is 12.1 Å². The molecule has 1 heterocycles. The first kappa shape index (κ1) is 22.9. The molecule has 166 valence electrons. The van der Waals surface area contributed by atoms with Crippen LogP contribution in [0.4, 0.5) is 5.13 Å². The second kappa shape index (κ2) is 11.0. The quantitative estimate of drug-likeness (QED) is 0.521. The highest BCUT2D eigenvalue weighted by Crippen LogP contribution is 2.29. The van der Waals surface area contributed by atoms with Crippen LogP contribution in [0.2, 0.25) is 0 Å². The number of aromatic nitrogens is 1. The van der Waals surface area contributed by atoms with Gasteiger partial charge in [-0.2, -0.15) is 0 Å². The SMILES string of the molecule is CCCCCNC(=O)Cc1csc(NC(=O)CN(C(=O)c2ccccc2C)C2CC2)n1. The number of hydrogen-bond donors (Lipinski definition) is 2. The van der Waals surface area contributed by atoms with Crippen LogP contribution in [0, 0.1) is 6.92 Å². The Morgan fingerprint density at radius 2 is 1.94 bits per heavy atom. The minimum absolute atomic E-state index is 0.00926. The summed E-state index contributed by atoms with van der Waals surface area (Å²) in [6.07, 6.45) is 5.20. The number of unbranched alkanes of at least 4 members (excludes halogenated alkanes) is 2. The van der Waals surface area contributed by atoms with Gasteiger partial charge in [0.2, 0.25) is 11.8 Å². The van der Waals surface area contributed by atoms with Crippen molar-refractivity contribution in [2.45, 2.75) is 58.4 Å². The molecule has 0 aliphatic heterocycles. The van der Waals surface area contributed by atoms with Crippen LogP contribution in [0.5, 0.6) is 0 Å². The average Bonchev–Trinajstić information content (AvgIpc) is 3.50. The topological polar surface area (TPSA) is 91.4 Å². The summed E-state index contributed by atoms with van der Waals surface area (Å²) >= 11 is 1.28. The lowest BCUT2D eigenvalue weighted by Crippen LogP contribution is -2.39. The van der Waals surface area contributed by atoms with Crippen molar-refractivity contribution in [3.05, 3.63) is 46.5 Å². The van der Waals surface area contributed by atoms with Crippen LogP contribution < -0.4 is 10.6 Å². The molecule has 1 aromatic heterocycles. The second-order valence-electron chi connectivity index (χ2n) is 7.91. The molecule has 2 N–H and O–H groups in total. The Morgan fingerprint density at radius 3 is 2.65 bits per heavy atom. The molecule has 0 atom stereocenters. The van der Waals surface area contributed by atoms with Crippen LogP contribution in [-0.2, 0) is 16.0 Å². The van der Waals surface area contributed by atoms with Crippen LogP contribution >= 0.6 is 11.3 Å². The molecular weight excluding hydrogens is 412 g/mol. The molecule has 0 radical (unpaired) electrons. The first-order chi connectivity index (χ1) is 15.0. The van der Waals surface area contributed by atoms with Crippen molar-refractivity contribution in [1.82, 2.24) is 15.2 Å². The maximum Gasteiger partial charge on any atom is 0.254 e. The Balaban J connectivity index is 1.52. The van der Waals surface area contributed by atoms with E-state index in [0.29, 0.717) is 22.9 Å². The molecule has 1 aliphatic carbocycles. The molecule has 1 aromatic carbocycles. The van der Waals surface area contributed by atoms with Gasteiger partial charge in [-0.05, 0) is 37.8 Å². The lowest BCUT2D eigenvalue weighted by atomic mass is 10.1. The average molecular weight is 443 g/mol. The minimum atomic E-state index is -0.279. The monoisotopic (exact) mass is 442 g/mol. The predicted molar refractivity (Wildman–Crippen MR) is 122 cm³/mol. The lowest BCUT2D eigenvalue weighted by Gasteiger charge is -2.22. The van der Waals surface area contributed by atoms with Gasteiger partial charge in [-0.15, -0.1) is 11.3 Å². The van der Waals surface area contributed by atoms with Gasteiger partial charge >= 0.3 is 0 Å². The zero-order valence-electron chi connectivity index (χ0n) is 18.1. The van der Waals surface area contributed by atoms with Crippen molar-refractivity contribution >= 4 is 34.2 Å². The molecule has 7 nitrogen and oxygen atoms in total. The highest BCUT2D eigenvalue weighted by atomic mass is 32.1. The van der Waals surface area contributed by atoms with E-state index in [0.717, 1.165) is 37.7 Å². The number of amides is 3. The number of aryl methyl sites for hydroxylation is 1. The Labute approximate surface area is 187 Å². The second-order valence-corrected chi connectivity index (χ2v) is 8.76. The molecule has 3 rings (SSSR count). The maximum absolute atomic E-state index is 13.0. The van der Waals surface area contributed by atoms with Gasteiger partial charge in [0.15, 0.2) is 5.13 Å². The Morgan fingerprint density at radius 1 is 1.16 bits per heavy atom. The molecule has 31 heavy (non-hydrogen) atoms. The summed E-state index contributed by atoms with van der Waals surface area (Å²) in [7, 11) is 0. The number of nitrogens with zero attached hydrogens (tertiary/aromatic N) is 2. The molecule has 1 saturated carbocycles. The Bertz CT molecular complexity index is 923. The Kier molecular flexibility index (Phi) is 8.17. The molecule has 0 saturated heterocycles. The first-order valence-corrected chi connectivity index (χ1v) is 11.7. The lowest BCUT2D eigenvalue weighted by molar-refractivity contribution is -0.120. The number of rotatable bonds is 11. The third-order valence-electron chi connectivity index (χ3n) is 5.18. The molecule has 1 fully saturated rings. The summed E-state index contributed by atoms with van der Waals surface area (Å²) in [6, 6.07) is 7.54. The van der Waals surface area contributed by atoms with E-state index in [2.05, 4.69) is 22.5 Å². The van der Waals surface area contributed by atoms with Crippen LogP contribution in [0.1, 0.15) is 60.6 Å². The van der Waals surface area contributed by atoms with E-state index >= 15 is 0 Å². The van der Waals surface area contributed by atoms with Gasteiger partial charge < -0.3 is 15.5 Å². The summed E-state index contributed by atoms with van der Waals surface area (Å²) in [6.45, 7) is 4.68. The number of benzene rings is 1. The summed E-state index contributed by atoms with van der Waals surface area (Å²) in [5.41, 5.74) is 2.16. The van der Waals surface area contributed by atoms with Gasteiger partial charge in [0.25, 0.3) is 5.91 Å². The molecular formula is C23H30N4O3S. The van der Waals surface area contributed by atoms with Crippen molar-refractivity contribution in [2.24, 2.45) is 0 Å². The summed E-state index contributed by atoms with van der Waals surface area (Å²) < 4.78 is 0. The molecule has 2 aromatic rings. The summed E-state index contributed by atoms with van der Waals surface area (Å²) in [5, 5.41) is 7.88. The molecule has 3 amide bonds. The van der Waals surface area contributed by atoms with E-state index in [1.54, 1.807) is 16.3 Å². The molecule has 1 aliphatic rings. The zero-order valence-corrected chi connectivity index (χ0v) is 19.0. The van der Waals surface area contributed by atoms with Crippen LogP contribution in [0.25, 0.3) is 0 Å². The van der Waals surface area contributed by atoms with Crippen molar-refractivity contribution in [2.75, 3.05) is 18.4 Å². The molecule has 8 heteroatoms. The first-order valence-electron chi connectivity index (χ1n) is 10.9. The van der Waals surface area contributed by atoms with Crippen LogP contribution in [-0.4, -0.2) is 46.7 Å². The standard InChI is InChI=1S/C23H30N4O3S/c1-3-4-7-12-24-20(28)13-17-15-31-23(25-17)26-21(29)14-27(18-10-11-18)22(30)19-9-6-5-8-16(19)2/h5-6,8-9,15,18H,3-4,7,10-14H2,1-2H3,(H,24,28)(H,25,26,29). The van der Waals surface area contributed by atoms with E-state index in [-0.39, 0.29) is 36.7 Å². The number of hydrogen-bond acceptors (Lipinski definition) is 5.